The van der Waals surface area contributed by atoms with Crippen LogP contribution in [0.3, 0.4) is 0 Å². The quantitative estimate of drug-likeness (QED) is 0.695. The van der Waals surface area contributed by atoms with E-state index in [4.69, 9.17) is 10.5 Å². The number of nitrogens with two attached hydrogens (primary N) is 1. The number of ether oxygens (including phenoxy) is 1. The number of amides is 1. The van der Waals surface area contributed by atoms with Crippen LogP contribution in [0.1, 0.15) is 13.3 Å². The van der Waals surface area contributed by atoms with Gasteiger partial charge in [0, 0.05) is 20.2 Å². The zero-order valence-electron chi connectivity index (χ0n) is 8.03. The van der Waals surface area contributed by atoms with E-state index in [-0.39, 0.29) is 30.5 Å². The van der Waals surface area contributed by atoms with E-state index in [9.17, 15) is 4.79 Å². The lowest BCUT2D eigenvalue weighted by Crippen LogP contribution is -2.41. The second-order valence-corrected chi connectivity index (χ2v) is 3.22. The lowest BCUT2D eigenvalue weighted by atomic mass is 10.3. The third kappa shape index (κ3) is 3.14. The van der Waals surface area contributed by atoms with Crippen LogP contribution in [0.4, 0.5) is 0 Å². The summed E-state index contributed by atoms with van der Waals surface area (Å²) in [6, 6.07) is -0.388. The number of carbonyl (C=O) groups is 1. The first kappa shape index (κ1) is 12.7. The Bertz CT molecular complexity index is 176. The second kappa shape index (κ2) is 5.42. The first-order chi connectivity index (χ1) is 5.65. The van der Waals surface area contributed by atoms with Gasteiger partial charge in [-0.25, -0.2) is 0 Å². The van der Waals surface area contributed by atoms with Gasteiger partial charge < -0.3 is 15.4 Å². The SMILES string of the molecule is CO[C@@H]1CCN(C(=O)C(C)N)C1.Cl. The largest absolute Gasteiger partial charge is 0.380 e. The van der Waals surface area contributed by atoms with Crippen LogP contribution >= 0.6 is 12.4 Å². The van der Waals surface area contributed by atoms with Crippen LogP contribution in [-0.4, -0.2) is 43.2 Å². The highest BCUT2D eigenvalue weighted by molar-refractivity contribution is 5.85. The monoisotopic (exact) mass is 208 g/mol. The van der Waals surface area contributed by atoms with Crippen molar-refractivity contribution in [3.63, 3.8) is 0 Å². The molecule has 1 fully saturated rings. The fourth-order valence-electron chi connectivity index (χ4n) is 1.41. The Kier molecular flexibility index (Phi) is 5.29. The van der Waals surface area contributed by atoms with E-state index in [1.54, 1.807) is 18.9 Å². The van der Waals surface area contributed by atoms with Gasteiger partial charge in [-0.2, -0.15) is 0 Å². The summed E-state index contributed by atoms with van der Waals surface area (Å²) in [6.45, 7) is 3.18. The molecule has 2 atom stereocenters. The summed E-state index contributed by atoms with van der Waals surface area (Å²) in [4.78, 5) is 13.1. The minimum absolute atomic E-state index is 0. The molecule has 0 saturated carbocycles. The summed E-state index contributed by atoms with van der Waals surface area (Å²) in [5, 5.41) is 0. The van der Waals surface area contributed by atoms with Gasteiger partial charge in [0.15, 0.2) is 0 Å². The molecule has 0 spiro atoms. The molecule has 1 aliphatic heterocycles. The number of likely N-dealkylation sites (tertiary alicyclic amines) is 1. The number of carbonyl (C=O) groups excluding carboxylic acids is 1. The molecule has 1 unspecified atom stereocenters. The van der Waals surface area contributed by atoms with Crippen LogP contribution in [0, 0.1) is 0 Å². The van der Waals surface area contributed by atoms with Gasteiger partial charge in [-0.15, -0.1) is 12.4 Å². The molecule has 0 aromatic carbocycles. The predicted octanol–water partition coefficient (Wildman–Crippen LogP) is 0.00270. The van der Waals surface area contributed by atoms with Gasteiger partial charge in [0.05, 0.1) is 12.1 Å². The molecule has 1 amide bonds. The van der Waals surface area contributed by atoms with Crippen molar-refractivity contribution in [2.75, 3.05) is 20.2 Å². The molecule has 13 heavy (non-hydrogen) atoms. The molecule has 5 heteroatoms. The van der Waals surface area contributed by atoms with Gasteiger partial charge in [-0.05, 0) is 13.3 Å². The zero-order valence-corrected chi connectivity index (χ0v) is 8.84. The molecule has 1 saturated heterocycles. The van der Waals surface area contributed by atoms with Crippen molar-refractivity contribution in [3.05, 3.63) is 0 Å². The number of rotatable bonds is 2. The average molecular weight is 209 g/mol. The Hall–Kier alpha value is -0.320. The normalized spacial score (nSPS) is 23.9. The fraction of sp³-hybridized carbons (Fsp3) is 0.875. The van der Waals surface area contributed by atoms with Crippen molar-refractivity contribution in [2.24, 2.45) is 5.73 Å². The Labute approximate surface area is 84.8 Å². The molecule has 78 valence electrons. The summed E-state index contributed by atoms with van der Waals surface area (Å²) in [5.74, 6) is 0.0227. The van der Waals surface area contributed by atoms with E-state index >= 15 is 0 Å². The average Bonchev–Trinajstić information content (AvgIpc) is 2.50. The van der Waals surface area contributed by atoms with Crippen LogP contribution in [0.15, 0.2) is 0 Å². The standard InChI is InChI=1S/C8H16N2O2.ClH/c1-6(9)8(11)10-4-3-7(5-10)12-2;/h6-7H,3-5,9H2,1-2H3;1H/t6?,7-;/m1./s1. The molecule has 0 aromatic rings. The van der Waals surface area contributed by atoms with Crippen molar-refractivity contribution < 1.29 is 9.53 Å². The number of nitrogens with zero attached hydrogens (tertiary/aromatic N) is 1. The molecule has 0 radical (unpaired) electrons. The molecule has 4 nitrogen and oxygen atoms in total. The van der Waals surface area contributed by atoms with Crippen LogP contribution in [0.25, 0.3) is 0 Å². The molecule has 0 bridgehead atoms. The first-order valence-corrected chi connectivity index (χ1v) is 4.22. The summed E-state index contributed by atoms with van der Waals surface area (Å²) in [5.41, 5.74) is 5.47. The molecule has 0 aromatic heterocycles. The van der Waals surface area contributed by atoms with Crippen molar-refractivity contribution in [3.8, 4) is 0 Å². The minimum Gasteiger partial charge on any atom is -0.380 e. The number of hydrogen-bond donors (Lipinski definition) is 1. The summed E-state index contributed by atoms with van der Waals surface area (Å²) >= 11 is 0. The number of hydrogen-bond acceptors (Lipinski definition) is 3. The maximum Gasteiger partial charge on any atom is 0.239 e. The molecular weight excluding hydrogens is 192 g/mol. The highest BCUT2D eigenvalue weighted by Crippen LogP contribution is 2.12. The summed E-state index contributed by atoms with van der Waals surface area (Å²) in [7, 11) is 1.67. The maximum atomic E-state index is 11.4. The second-order valence-electron chi connectivity index (χ2n) is 3.22. The Morgan fingerprint density at radius 1 is 1.69 bits per heavy atom. The van der Waals surface area contributed by atoms with Gasteiger partial charge in [-0.3, -0.25) is 4.79 Å². The molecule has 1 heterocycles. The fourth-order valence-corrected chi connectivity index (χ4v) is 1.41. The smallest absolute Gasteiger partial charge is 0.239 e. The molecule has 1 aliphatic rings. The van der Waals surface area contributed by atoms with Gasteiger partial charge in [-0.1, -0.05) is 0 Å². The minimum atomic E-state index is -0.388. The molecule has 1 rings (SSSR count). The highest BCUT2D eigenvalue weighted by atomic mass is 35.5. The van der Waals surface area contributed by atoms with Gasteiger partial charge in [0.2, 0.25) is 5.91 Å². The van der Waals surface area contributed by atoms with Crippen LogP contribution < -0.4 is 5.73 Å². The molecular formula is C8H17ClN2O2. The van der Waals surface area contributed by atoms with Crippen molar-refractivity contribution in [2.45, 2.75) is 25.5 Å². The maximum absolute atomic E-state index is 11.4. The topological polar surface area (TPSA) is 55.6 Å². The third-order valence-electron chi connectivity index (χ3n) is 2.18. The zero-order chi connectivity index (χ0) is 9.14. The van der Waals surface area contributed by atoms with E-state index in [1.165, 1.54) is 0 Å². The third-order valence-corrected chi connectivity index (χ3v) is 2.18. The predicted molar refractivity (Wildman–Crippen MR) is 52.9 cm³/mol. The number of methoxy groups -OCH3 is 1. The van der Waals surface area contributed by atoms with Gasteiger partial charge in [0.1, 0.15) is 0 Å². The van der Waals surface area contributed by atoms with Crippen molar-refractivity contribution in [1.82, 2.24) is 4.90 Å². The van der Waals surface area contributed by atoms with E-state index in [2.05, 4.69) is 0 Å². The summed E-state index contributed by atoms with van der Waals surface area (Å²) in [6.07, 6.45) is 1.13. The molecule has 0 aliphatic carbocycles. The van der Waals surface area contributed by atoms with Gasteiger partial charge in [0.25, 0.3) is 0 Å². The van der Waals surface area contributed by atoms with Crippen molar-refractivity contribution in [1.29, 1.82) is 0 Å². The van der Waals surface area contributed by atoms with Crippen LogP contribution in [0.2, 0.25) is 0 Å². The lowest BCUT2D eigenvalue weighted by molar-refractivity contribution is -0.131. The van der Waals surface area contributed by atoms with Crippen molar-refractivity contribution >= 4 is 18.3 Å². The first-order valence-electron chi connectivity index (χ1n) is 4.22. The van der Waals surface area contributed by atoms with E-state index in [0.717, 1.165) is 13.0 Å². The Balaban J connectivity index is 0.00000144. The highest BCUT2D eigenvalue weighted by Gasteiger charge is 2.27. The number of halogens is 1. The van der Waals surface area contributed by atoms with E-state index in [0.29, 0.717) is 6.54 Å². The molecule has 2 N–H and O–H groups in total. The van der Waals surface area contributed by atoms with Gasteiger partial charge >= 0.3 is 0 Å². The van der Waals surface area contributed by atoms with Crippen LogP contribution in [0.5, 0.6) is 0 Å². The van der Waals surface area contributed by atoms with E-state index in [1.807, 2.05) is 0 Å². The lowest BCUT2D eigenvalue weighted by Gasteiger charge is -2.17. The Morgan fingerprint density at radius 2 is 2.31 bits per heavy atom. The van der Waals surface area contributed by atoms with Crippen LogP contribution in [-0.2, 0) is 9.53 Å². The van der Waals surface area contributed by atoms with E-state index < -0.39 is 0 Å². The summed E-state index contributed by atoms with van der Waals surface area (Å²) < 4.78 is 5.14. The Morgan fingerprint density at radius 3 is 2.69 bits per heavy atom.